The van der Waals surface area contributed by atoms with Crippen LogP contribution < -0.4 is 0 Å². The monoisotopic (exact) mass is 239 g/mol. The second-order valence-electron chi connectivity index (χ2n) is 4.95. The number of halogens is 1. The maximum Gasteiger partial charge on any atom is 0.307 e. The Hall–Kier alpha value is -1.09. The minimum absolute atomic E-state index is 0.0226. The molecule has 1 heterocycles. The van der Waals surface area contributed by atoms with Crippen LogP contribution >= 0.6 is 11.6 Å². The Labute approximate surface area is 99.5 Å². The van der Waals surface area contributed by atoms with Gasteiger partial charge in [0, 0.05) is 11.6 Å². The highest BCUT2D eigenvalue weighted by molar-refractivity contribution is 6.30. The third-order valence-electron chi connectivity index (χ3n) is 3.45. The lowest BCUT2D eigenvalue weighted by molar-refractivity contribution is -0.139. The summed E-state index contributed by atoms with van der Waals surface area (Å²) in [6.07, 6.45) is 0. The summed E-state index contributed by atoms with van der Waals surface area (Å²) in [6, 6.07) is 3.76. The van der Waals surface area contributed by atoms with Gasteiger partial charge in [-0.3, -0.25) is 4.79 Å². The van der Waals surface area contributed by atoms with Gasteiger partial charge in [0.05, 0.1) is 5.92 Å². The van der Waals surface area contributed by atoms with Crippen molar-refractivity contribution in [1.29, 1.82) is 0 Å². The predicted molar refractivity (Wildman–Crippen MR) is 61.6 cm³/mol. The van der Waals surface area contributed by atoms with Crippen LogP contribution in [0.15, 0.2) is 12.1 Å². The molecule has 2 rings (SSSR count). The van der Waals surface area contributed by atoms with E-state index in [4.69, 9.17) is 16.7 Å². The fourth-order valence-corrected chi connectivity index (χ4v) is 2.76. The van der Waals surface area contributed by atoms with Gasteiger partial charge in [0.25, 0.3) is 0 Å². The van der Waals surface area contributed by atoms with E-state index < -0.39 is 5.97 Å². The van der Waals surface area contributed by atoms with Gasteiger partial charge in [0.1, 0.15) is 5.15 Å². The normalized spacial score (nSPS) is 26.5. The van der Waals surface area contributed by atoms with Crippen molar-refractivity contribution in [2.24, 2.45) is 11.3 Å². The number of hydrogen-bond acceptors (Lipinski definition) is 2. The topological polar surface area (TPSA) is 50.2 Å². The van der Waals surface area contributed by atoms with Crippen LogP contribution in [0.2, 0.25) is 5.15 Å². The molecule has 1 aliphatic carbocycles. The Balaban J connectivity index is 2.37. The van der Waals surface area contributed by atoms with Crippen LogP contribution in [0.4, 0.5) is 0 Å². The maximum absolute atomic E-state index is 11.1. The van der Waals surface area contributed by atoms with E-state index in [0.29, 0.717) is 5.15 Å². The molecule has 86 valence electrons. The summed E-state index contributed by atoms with van der Waals surface area (Å²) in [5.74, 6) is -1.13. The van der Waals surface area contributed by atoms with Gasteiger partial charge in [-0.05, 0) is 24.0 Å². The molecule has 0 spiro atoms. The molecular formula is C12H14ClNO2. The highest BCUT2D eigenvalue weighted by atomic mass is 35.5. The van der Waals surface area contributed by atoms with Gasteiger partial charge in [0.15, 0.2) is 0 Å². The standard InChI is InChI=1S/C12H14ClNO2/c1-6-4-5-7(10(13)14-6)8-9(11(15)16)12(8,2)3/h4-5,8-9H,1-3H3,(H,15,16)/t8-,9+/m1/s1. The summed E-state index contributed by atoms with van der Waals surface area (Å²) >= 11 is 6.06. The van der Waals surface area contributed by atoms with Crippen molar-refractivity contribution < 1.29 is 9.90 Å². The van der Waals surface area contributed by atoms with Gasteiger partial charge < -0.3 is 5.11 Å². The van der Waals surface area contributed by atoms with Crippen LogP contribution in [0.5, 0.6) is 0 Å². The Bertz CT molecular complexity index is 456. The summed E-state index contributed by atoms with van der Waals surface area (Å²) in [6.45, 7) is 5.77. The molecule has 4 heteroatoms. The van der Waals surface area contributed by atoms with Crippen molar-refractivity contribution in [3.05, 3.63) is 28.5 Å². The van der Waals surface area contributed by atoms with Gasteiger partial charge in [-0.2, -0.15) is 0 Å². The molecule has 1 saturated carbocycles. The lowest BCUT2D eigenvalue weighted by Gasteiger charge is -2.05. The van der Waals surface area contributed by atoms with E-state index in [1.54, 1.807) is 0 Å². The molecule has 0 saturated heterocycles. The molecule has 0 unspecified atom stereocenters. The van der Waals surface area contributed by atoms with Crippen molar-refractivity contribution in [3.8, 4) is 0 Å². The van der Waals surface area contributed by atoms with E-state index in [2.05, 4.69) is 4.98 Å². The van der Waals surface area contributed by atoms with Crippen LogP contribution in [0.25, 0.3) is 0 Å². The number of nitrogens with zero attached hydrogens (tertiary/aromatic N) is 1. The molecule has 1 aromatic rings. The molecule has 1 N–H and O–H groups in total. The van der Waals surface area contributed by atoms with Crippen molar-refractivity contribution in [2.45, 2.75) is 26.7 Å². The maximum atomic E-state index is 11.1. The second-order valence-corrected chi connectivity index (χ2v) is 5.31. The average Bonchev–Trinajstić information content (AvgIpc) is 2.69. The van der Waals surface area contributed by atoms with Gasteiger partial charge in [-0.1, -0.05) is 31.5 Å². The van der Waals surface area contributed by atoms with Gasteiger partial charge in [-0.15, -0.1) is 0 Å². The molecule has 1 fully saturated rings. The fourth-order valence-electron chi connectivity index (χ4n) is 2.45. The Morgan fingerprint density at radius 3 is 2.56 bits per heavy atom. The highest BCUT2D eigenvalue weighted by Crippen LogP contribution is 2.65. The van der Waals surface area contributed by atoms with Crippen LogP contribution in [-0.2, 0) is 4.79 Å². The first-order valence-electron chi connectivity index (χ1n) is 5.21. The number of rotatable bonds is 2. The summed E-state index contributed by atoms with van der Waals surface area (Å²) in [5.41, 5.74) is 1.47. The molecule has 1 aliphatic rings. The number of carboxylic acid groups (broad SMARTS) is 1. The van der Waals surface area contributed by atoms with E-state index in [-0.39, 0.29) is 17.3 Å². The van der Waals surface area contributed by atoms with Crippen LogP contribution in [0.1, 0.15) is 31.0 Å². The lowest BCUT2D eigenvalue weighted by Crippen LogP contribution is -2.03. The van der Waals surface area contributed by atoms with Crippen molar-refractivity contribution >= 4 is 17.6 Å². The van der Waals surface area contributed by atoms with Crippen molar-refractivity contribution in [2.75, 3.05) is 0 Å². The first-order valence-corrected chi connectivity index (χ1v) is 5.59. The zero-order valence-electron chi connectivity index (χ0n) is 9.49. The molecular weight excluding hydrogens is 226 g/mol. The Morgan fingerprint density at radius 2 is 2.12 bits per heavy atom. The van der Waals surface area contributed by atoms with E-state index in [0.717, 1.165) is 11.3 Å². The van der Waals surface area contributed by atoms with E-state index in [1.165, 1.54) is 0 Å². The number of aromatic nitrogens is 1. The quantitative estimate of drug-likeness (QED) is 0.808. The molecule has 2 atom stereocenters. The number of hydrogen-bond donors (Lipinski definition) is 1. The minimum Gasteiger partial charge on any atom is -0.481 e. The fraction of sp³-hybridized carbons (Fsp3) is 0.500. The van der Waals surface area contributed by atoms with Gasteiger partial charge >= 0.3 is 5.97 Å². The average molecular weight is 240 g/mol. The van der Waals surface area contributed by atoms with E-state index in [1.807, 2.05) is 32.9 Å². The highest BCUT2D eigenvalue weighted by Gasteiger charge is 2.63. The summed E-state index contributed by atoms with van der Waals surface area (Å²) in [7, 11) is 0. The first-order chi connectivity index (χ1) is 7.35. The Kier molecular flexibility index (Phi) is 2.46. The largest absolute Gasteiger partial charge is 0.481 e. The number of pyridine rings is 1. The third kappa shape index (κ3) is 1.59. The second kappa shape index (κ2) is 3.45. The molecule has 1 aromatic heterocycles. The smallest absolute Gasteiger partial charge is 0.307 e. The molecule has 0 aliphatic heterocycles. The van der Waals surface area contributed by atoms with Crippen LogP contribution in [0.3, 0.4) is 0 Å². The zero-order chi connectivity index (χ0) is 12.1. The van der Waals surface area contributed by atoms with E-state index in [9.17, 15) is 4.79 Å². The molecule has 0 bridgehead atoms. The summed E-state index contributed by atoms with van der Waals surface area (Å²) in [4.78, 5) is 15.2. The van der Waals surface area contributed by atoms with Crippen molar-refractivity contribution in [1.82, 2.24) is 4.98 Å². The van der Waals surface area contributed by atoms with Gasteiger partial charge in [-0.25, -0.2) is 4.98 Å². The minimum atomic E-state index is -0.758. The van der Waals surface area contributed by atoms with Crippen LogP contribution in [0, 0.1) is 18.3 Å². The SMILES string of the molecule is Cc1ccc([C@@H]2[C@@H](C(=O)O)C2(C)C)c(Cl)n1. The van der Waals surface area contributed by atoms with Crippen LogP contribution in [-0.4, -0.2) is 16.1 Å². The molecule has 0 aromatic carbocycles. The first kappa shape index (κ1) is 11.4. The molecule has 3 nitrogen and oxygen atoms in total. The predicted octanol–water partition coefficient (Wildman–Crippen LogP) is 2.87. The number of aryl methyl sites for hydroxylation is 1. The Morgan fingerprint density at radius 1 is 1.50 bits per heavy atom. The van der Waals surface area contributed by atoms with E-state index >= 15 is 0 Å². The molecule has 0 radical (unpaired) electrons. The molecule has 0 amide bonds. The zero-order valence-corrected chi connectivity index (χ0v) is 10.2. The van der Waals surface area contributed by atoms with Gasteiger partial charge in [0.2, 0.25) is 0 Å². The lowest BCUT2D eigenvalue weighted by atomic mass is 10.0. The van der Waals surface area contributed by atoms with Crippen molar-refractivity contribution in [3.63, 3.8) is 0 Å². The number of carboxylic acids is 1. The summed E-state index contributed by atoms with van der Waals surface area (Å²) < 4.78 is 0. The molecule has 16 heavy (non-hydrogen) atoms. The summed E-state index contributed by atoms with van der Waals surface area (Å²) in [5, 5.41) is 9.53. The third-order valence-corrected chi connectivity index (χ3v) is 3.75. The number of aliphatic carboxylic acids is 1. The number of carbonyl (C=O) groups is 1.